The topological polar surface area (TPSA) is 99.3 Å². The van der Waals surface area contributed by atoms with Crippen LogP contribution in [-0.2, 0) is 48.6 Å². The van der Waals surface area contributed by atoms with Crippen molar-refractivity contribution in [3.63, 3.8) is 0 Å². The summed E-state index contributed by atoms with van der Waals surface area (Å²) >= 11 is 0. The van der Waals surface area contributed by atoms with Gasteiger partial charge in [0.1, 0.15) is 11.2 Å². The number of carbonyl (C=O) groups excluding carboxylic acids is 2. The summed E-state index contributed by atoms with van der Waals surface area (Å²) in [5.41, 5.74) is -0.854. The van der Waals surface area contributed by atoms with E-state index in [-0.39, 0.29) is 60.7 Å². The van der Waals surface area contributed by atoms with Crippen molar-refractivity contribution in [2.75, 3.05) is 94.7 Å². The van der Waals surface area contributed by atoms with Crippen LogP contribution >= 0.6 is 15.8 Å². The van der Waals surface area contributed by atoms with Crippen molar-refractivity contribution in [1.82, 2.24) is 0 Å². The molecule has 0 aromatic rings. The summed E-state index contributed by atoms with van der Waals surface area (Å²) in [6, 6.07) is 0. The smallest absolute Gasteiger partial charge is 0.185 e. The van der Waals surface area contributed by atoms with Crippen LogP contribution in [0.2, 0.25) is 0 Å². The van der Waals surface area contributed by atoms with Gasteiger partial charge in [0.05, 0.1) is 13.2 Å². The fourth-order valence-corrected chi connectivity index (χ4v) is 1.80. The van der Waals surface area contributed by atoms with Crippen LogP contribution in [0, 0.1) is 0 Å². The first-order valence-electron chi connectivity index (χ1n) is 12.0. The zero-order valence-electron chi connectivity index (χ0n) is 25.7. The van der Waals surface area contributed by atoms with Crippen LogP contribution in [0.3, 0.4) is 0 Å². The van der Waals surface area contributed by atoms with Crippen molar-refractivity contribution >= 4 is 27.4 Å². The molecule has 0 rings (SSSR count). The molecule has 0 bridgehead atoms. The molecule has 0 unspecified atom stereocenters. The summed E-state index contributed by atoms with van der Waals surface area (Å²) < 4.78 is 20.5. The Bertz CT molecular complexity index is 608. The van der Waals surface area contributed by atoms with E-state index < -0.39 is 11.2 Å². The van der Waals surface area contributed by atoms with Crippen molar-refractivity contribution in [2.45, 2.75) is 38.9 Å². The summed E-state index contributed by atoms with van der Waals surface area (Å²) in [7, 11) is 6.26. The molecular weight excluding hydrogens is 597 g/mol. The fourth-order valence-electron chi connectivity index (χ4n) is 1.80. The van der Waals surface area contributed by atoms with Gasteiger partial charge in [-0.25, -0.2) is 0 Å². The number of rotatable bonds is 15. The van der Waals surface area contributed by atoms with Gasteiger partial charge in [-0.2, -0.15) is 0 Å². The Morgan fingerprint density at radius 3 is 1.08 bits per heavy atom. The van der Waals surface area contributed by atoms with Crippen LogP contribution in [0.25, 0.3) is 10.6 Å². The molecule has 0 aliphatic rings. The molecule has 0 aliphatic carbocycles. The summed E-state index contributed by atoms with van der Waals surface area (Å²) in [5, 5.41) is 8.73. The predicted octanol–water partition coefficient (Wildman–Crippen LogP) is 4.96. The molecule has 0 aromatic carbocycles. The average molecular weight is 652 g/mol. The summed E-state index contributed by atoms with van der Waals surface area (Å²) in [6.45, 7) is 21.4. The number of hydrogen-bond acceptors (Lipinski definition) is 6. The Morgan fingerprint density at radius 1 is 0.649 bits per heavy atom. The maximum Gasteiger partial charge on any atom is 0.185 e. The fraction of sp³-hybridized carbons (Fsp3) is 0.769. The second-order valence-electron chi connectivity index (χ2n) is 10.1. The van der Waals surface area contributed by atoms with E-state index in [0.29, 0.717) is 24.5 Å². The zero-order valence-corrected chi connectivity index (χ0v) is 29.6. The molecule has 11 heteroatoms. The molecular formula is C26H54N2O6P2Tc. The third-order valence-corrected chi connectivity index (χ3v) is 4.12. The van der Waals surface area contributed by atoms with E-state index >= 15 is 0 Å². The minimum absolute atomic E-state index is 0. The number of ether oxygens (including phenoxy) is 4. The molecule has 0 aliphatic heterocycles. The van der Waals surface area contributed by atoms with Crippen LogP contribution in [0.4, 0.5) is 0 Å². The van der Waals surface area contributed by atoms with E-state index in [4.69, 9.17) is 18.9 Å². The van der Waals surface area contributed by atoms with Crippen LogP contribution in [0.5, 0.6) is 0 Å². The van der Waals surface area contributed by atoms with Crippen LogP contribution in [0.1, 0.15) is 27.7 Å². The first kappa shape index (κ1) is 43.8. The molecule has 0 amide bonds. The van der Waals surface area contributed by atoms with Gasteiger partial charge in [0.2, 0.25) is 0 Å². The third kappa shape index (κ3) is 27.1. The Balaban J connectivity index is -0.000000525. The molecule has 0 saturated carbocycles. The molecule has 0 fully saturated rings. The van der Waals surface area contributed by atoms with E-state index in [1.54, 1.807) is 27.7 Å². The van der Waals surface area contributed by atoms with Crippen molar-refractivity contribution < 1.29 is 48.6 Å². The minimum Gasteiger partial charge on any atom is -0.687 e. The quantitative estimate of drug-likeness (QED) is 0.141. The SMILES string of the molecule is COC/C(=C/C(=O)C(C)(C)OC)[N-]CC[N-]/C(=C\C(=O)C(C)(C)OC)COC.C[PH+](C)C.C[PH+](C)C.[99Tc]. The van der Waals surface area contributed by atoms with Gasteiger partial charge in [-0.3, -0.25) is 9.59 Å². The Labute approximate surface area is 243 Å². The number of carbonyl (C=O) groups is 2. The van der Waals surface area contributed by atoms with Crippen LogP contribution in [0.15, 0.2) is 23.5 Å². The second kappa shape index (κ2) is 24.8. The van der Waals surface area contributed by atoms with Crippen molar-refractivity contribution in [3.05, 3.63) is 34.2 Å². The van der Waals surface area contributed by atoms with Gasteiger partial charge in [0.15, 0.2) is 11.6 Å². The molecule has 0 heterocycles. The van der Waals surface area contributed by atoms with Gasteiger partial charge in [-0.05, 0) is 55.7 Å². The monoisotopic (exact) mass is 651 g/mol. The molecule has 0 atom stereocenters. The van der Waals surface area contributed by atoms with E-state index in [1.165, 1.54) is 40.6 Å². The summed E-state index contributed by atoms with van der Waals surface area (Å²) in [6.07, 6.45) is 2.84. The molecule has 0 spiro atoms. The summed E-state index contributed by atoms with van der Waals surface area (Å²) in [4.78, 5) is 24.5. The van der Waals surface area contributed by atoms with E-state index in [9.17, 15) is 9.59 Å². The number of nitrogens with zero attached hydrogens (tertiary/aromatic N) is 2. The Hall–Kier alpha value is -0.231. The predicted molar refractivity (Wildman–Crippen MR) is 161 cm³/mol. The van der Waals surface area contributed by atoms with Crippen LogP contribution in [-0.4, -0.2) is 118 Å². The maximum absolute atomic E-state index is 12.2. The van der Waals surface area contributed by atoms with Gasteiger partial charge >= 0.3 is 0 Å². The van der Waals surface area contributed by atoms with Gasteiger partial charge in [0.25, 0.3) is 0 Å². The Kier molecular flexibility index (Phi) is 29.3. The first-order valence-corrected chi connectivity index (χ1v) is 18.0. The van der Waals surface area contributed by atoms with Crippen molar-refractivity contribution in [3.8, 4) is 0 Å². The van der Waals surface area contributed by atoms with Gasteiger partial charge in [-0.1, -0.05) is 0 Å². The average Bonchev–Trinajstić information content (AvgIpc) is 2.75. The largest absolute Gasteiger partial charge is 0.687 e. The zero-order chi connectivity index (χ0) is 28.9. The van der Waals surface area contributed by atoms with Crippen molar-refractivity contribution in [2.24, 2.45) is 0 Å². The molecule has 0 N–H and O–H groups in total. The van der Waals surface area contributed by atoms with Gasteiger partial charge in [0, 0.05) is 88.5 Å². The maximum atomic E-state index is 12.2. The van der Waals surface area contributed by atoms with Gasteiger partial charge in [-0.15, -0.1) is 24.5 Å². The molecule has 0 aromatic heterocycles. The van der Waals surface area contributed by atoms with E-state index in [0.717, 1.165) is 0 Å². The first-order chi connectivity index (χ1) is 16.5. The third-order valence-electron chi connectivity index (χ3n) is 4.12. The van der Waals surface area contributed by atoms with E-state index in [1.807, 2.05) is 0 Å². The molecule has 37 heavy (non-hydrogen) atoms. The number of methoxy groups -OCH3 is 4. The molecule has 0 saturated heterocycles. The molecule has 1 radical (unpaired) electrons. The number of hydrogen-bond donors (Lipinski definition) is 0. The summed E-state index contributed by atoms with van der Waals surface area (Å²) in [5.74, 6) is -0.398. The number of ketones is 2. The molecule has 221 valence electrons. The van der Waals surface area contributed by atoms with E-state index in [2.05, 4.69) is 50.6 Å². The second-order valence-corrected chi connectivity index (χ2v) is 16.1. The van der Waals surface area contributed by atoms with Crippen molar-refractivity contribution in [1.29, 1.82) is 0 Å². The minimum atomic E-state index is -0.929. The Morgan fingerprint density at radius 2 is 0.892 bits per heavy atom. The standard InChI is InChI=1S/C20H36N2O6.2C3H9P.Tc/c1-19(2,27-7)17(23)11-15(13-25-5)21-9-10-22-16(14-26-6)12-18(24)20(3,4)28-8;2*1-4(2)3;/h11-12H,9-10,13-14H2,1-8H3,(H2,21,22,23,24);2*1-3H3;/i;;;1+1. The van der Waals surface area contributed by atoms with Crippen LogP contribution < -0.4 is 0 Å². The molecule has 8 nitrogen and oxygen atoms in total. The normalized spacial score (nSPS) is 12.1. The van der Waals surface area contributed by atoms with Gasteiger partial charge < -0.3 is 29.6 Å².